The summed E-state index contributed by atoms with van der Waals surface area (Å²) in [6.07, 6.45) is 0. The standard InChI is InChI=1S/C51H31N5O/c1-4-15-32(16-5-1)49-52-50(33-17-6-2-7-18-33)54-51(53-49)34-19-14-22-36(31-34)56-43-30-29-40-38-24-11-13-26-44(38)57-48(40)45(43)41-28-27-39-37-23-10-12-25-42(37)55(46(39)47(41)56)35-20-8-3-9-21-35/h1-31H. The molecule has 0 radical (unpaired) electrons. The monoisotopic (exact) mass is 729 g/mol. The number of rotatable bonds is 5. The van der Waals surface area contributed by atoms with Crippen molar-refractivity contribution >= 4 is 65.6 Å². The van der Waals surface area contributed by atoms with Crippen LogP contribution in [0.5, 0.6) is 0 Å². The minimum Gasteiger partial charge on any atom is -0.455 e. The van der Waals surface area contributed by atoms with E-state index in [4.69, 9.17) is 19.4 Å². The first kappa shape index (κ1) is 31.5. The average Bonchev–Trinajstić information content (AvgIpc) is 3.95. The Balaban J connectivity index is 1.20. The number of hydrogen-bond donors (Lipinski definition) is 0. The van der Waals surface area contributed by atoms with Crippen molar-refractivity contribution in [3.8, 4) is 45.5 Å². The first-order chi connectivity index (χ1) is 28.3. The summed E-state index contributed by atoms with van der Waals surface area (Å²) in [5.74, 6) is 1.86. The van der Waals surface area contributed by atoms with E-state index in [9.17, 15) is 0 Å². The molecule has 0 unspecified atom stereocenters. The predicted molar refractivity (Wildman–Crippen MR) is 232 cm³/mol. The number of aromatic nitrogens is 5. The molecule has 0 bridgehead atoms. The molecule has 0 N–H and O–H groups in total. The lowest BCUT2D eigenvalue weighted by Crippen LogP contribution is -2.01. The maximum Gasteiger partial charge on any atom is 0.164 e. The fourth-order valence-corrected chi connectivity index (χ4v) is 8.65. The van der Waals surface area contributed by atoms with E-state index >= 15 is 0 Å². The van der Waals surface area contributed by atoms with Crippen molar-refractivity contribution in [1.82, 2.24) is 24.1 Å². The highest BCUT2D eigenvalue weighted by atomic mass is 16.3. The fraction of sp³-hybridized carbons (Fsp3) is 0. The third kappa shape index (κ3) is 4.81. The molecule has 0 saturated carbocycles. The second kappa shape index (κ2) is 12.3. The Labute approximate surface area is 326 Å². The second-order valence-electron chi connectivity index (χ2n) is 14.4. The molecule has 0 amide bonds. The lowest BCUT2D eigenvalue weighted by Gasteiger charge is -2.14. The molecular formula is C51H31N5O. The summed E-state index contributed by atoms with van der Waals surface area (Å²) in [6.45, 7) is 0. The molecule has 0 aliphatic heterocycles. The number of para-hydroxylation sites is 3. The van der Waals surface area contributed by atoms with Gasteiger partial charge in [-0.15, -0.1) is 0 Å². The molecule has 0 aliphatic rings. The van der Waals surface area contributed by atoms with Crippen LogP contribution in [-0.4, -0.2) is 24.1 Å². The number of benzene rings is 8. The van der Waals surface area contributed by atoms with Gasteiger partial charge < -0.3 is 13.6 Å². The molecule has 57 heavy (non-hydrogen) atoms. The molecule has 4 heterocycles. The van der Waals surface area contributed by atoms with Crippen LogP contribution in [-0.2, 0) is 0 Å². The van der Waals surface area contributed by atoms with Crippen LogP contribution in [0.1, 0.15) is 0 Å². The van der Waals surface area contributed by atoms with Crippen LogP contribution < -0.4 is 0 Å². The molecule has 0 saturated heterocycles. The smallest absolute Gasteiger partial charge is 0.164 e. The highest BCUT2D eigenvalue weighted by Gasteiger charge is 2.24. The van der Waals surface area contributed by atoms with Crippen molar-refractivity contribution in [2.45, 2.75) is 0 Å². The van der Waals surface area contributed by atoms with Crippen molar-refractivity contribution in [3.05, 3.63) is 188 Å². The summed E-state index contributed by atoms with van der Waals surface area (Å²) in [5, 5.41) is 6.78. The molecule has 8 aromatic carbocycles. The van der Waals surface area contributed by atoms with Crippen LogP contribution in [0.25, 0.3) is 111 Å². The Kier molecular flexibility index (Phi) is 6.83. The SMILES string of the molecule is c1ccc(-c2nc(-c3ccccc3)nc(-c3cccc(-n4c5ccc6c7ccccc7oc6c5c5ccc6c7ccccc7n(-c7ccccc7)c6c54)c3)n2)cc1. The third-order valence-electron chi connectivity index (χ3n) is 11.1. The molecule has 0 fully saturated rings. The van der Waals surface area contributed by atoms with E-state index in [0.717, 1.165) is 82.8 Å². The van der Waals surface area contributed by atoms with E-state index in [1.807, 2.05) is 66.7 Å². The molecule has 12 aromatic rings. The van der Waals surface area contributed by atoms with Crippen LogP contribution >= 0.6 is 0 Å². The zero-order valence-electron chi connectivity index (χ0n) is 30.5. The van der Waals surface area contributed by atoms with Crippen LogP contribution in [0.15, 0.2) is 192 Å². The van der Waals surface area contributed by atoms with E-state index in [2.05, 4.69) is 130 Å². The molecule has 12 rings (SSSR count). The normalized spacial score (nSPS) is 11.9. The maximum atomic E-state index is 6.77. The van der Waals surface area contributed by atoms with Crippen LogP contribution in [0, 0.1) is 0 Å². The van der Waals surface area contributed by atoms with Crippen molar-refractivity contribution in [2.24, 2.45) is 0 Å². The predicted octanol–water partition coefficient (Wildman–Crippen LogP) is 13.0. The average molecular weight is 730 g/mol. The van der Waals surface area contributed by atoms with Gasteiger partial charge in [-0.1, -0.05) is 140 Å². The maximum absolute atomic E-state index is 6.77. The Morgan fingerprint density at radius 1 is 0.351 bits per heavy atom. The van der Waals surface area contributed by atoms with Gasteiger partial charge in [0.1, 0.15) is 11.2 Å². The zero-order chi connectivity index (χ0) is 37.5. The van der Waals surface area contributed by atoms with Gasteiger partial charge in [-0.05, 0) is 48.5 Å². The van der Waals surface area contributed by atoms with Crippen molar-refractivity contribution in [1.29, 1.82) is 0 Å². The Hall–Kier alpha value is -7.83. The third-order valence-corrected chi connectivity index (χ3v) is 11.1. The van der Waals surface area contributed by atoms with Gasteiger partial charge in [-0.25, -0.2) is 15.0 Å². The van der Waals surface area contributed by atoms with Gasteiger partial charge in [-0.3, -0.25) is 0 Å². The topological polar surface area (TPSA) is 61.7 Å². The van der Waals surface area contributed by atoms with Gasteiger partial charge in [0.2, 0.25) is 0 Å². The highest BCUT2D eigenvalue weighted by molar-refractivity contribution is 6.29. The summed E-state index contributed by atoms with van der Waals surface area (Å²) in [5.41, 5.74) is 11.0. The largest absolute Gasteiger partial charge is 0.455 e. The molecule has 0 atom stereocenters. The van der Waals surface area contributed by atoms with Gasteiger partial charge in [-0.2, -0.15) is 0 Å². The summed E-state index contributed by atoms with van der Waals surface area (Å²) in [4.78, 5) is 15.1. The van der Waals surface area contributed by atoms with Crippen LogP contribution in [0.4, 0.5) is 0 Å². The highest BCUT2D eigenvalue weighted by Crippen LogP contribution is 2.45. The lowest BCUT2D eigenvalue weighted by atomic mass is 10.1. The lowest BCUT2D eigenvalue weighted by molar-refractivity contribution is 0.673. The summed E-state index contributed by atoms with van der Waals surface area (Å²) in [6, 6.07) is 65.4. The van der Waals surface area contributed by atoms with E-state index < -0.39 is 0 Å². The van der Waals surface area contributed by atoms with E-state index in [-0.39, 0.29) is 0 Å². The molecule has 6 nitrogen and oxygen atoms in total. The summed E-state index contributed by atoms with van der Waals surface area (Å²) < 4.78 is 11.6. The van der Waals surface area contributed by atoms with Crippen molar-refractivity contribution in [3.63, 3.8) is 0 Å². The Bertz CT molecular complexity index is 3450. The van der Waals surface area contributed by atoms with Gasteiger partial charge in [0.15, 0.2) is 17.5 Å². The number of fused-ring (bicyclic) bond motifs is 11. The molecule has 4 aromatic heterocycles. The quantitative estimate of drug-likeness (QED) is 0.177. The zero-order valence-corrected chi connectivity index (χ0v) is 30.5. The first-order valence-electron chi connectivity index (χ1n) is 19.1. The van der Waals surface area contributed by atoms with E-state index in [1.54, 1.807) is 0 Å². The minimum atomic E-state index is 0.605. The fourth-order valence-electron chi connectivity index (χ4n) is 8.65. The van der Waals surface area contributed by atoms with E-state index in [1.165, 1.54) is 10.8 Å². The number of nitrogens with zero attached hydrogens (tertiary/aromatic N) is 5. The van der Waals surface area contributed by atoms with Gasteiger partial charge in [0, 0.05) is 55.0 Å². The molecule has 266 valence electrons. The van der Waals surface area contributed by atoms with Crippen molar-refractivity contribution in [2.75, 3.05) is 0 Å². The Morgan fingerprint density at radius 3 is 1.61 bits per heavy atom. The van der Waals surface area contributed by atoms with Gasteiger partial charge in [0.05, 0.1) is 27.5 Å². The van der Waals surface area contributed by atoms with Crippen LogP contribution in [0.2, 0.25) is 0 Å². The number of hydrogen-bond acceptors (Lipinski definition) is 4. The van der Waals surface area contributed by atoms with Gasteiger partial charge >= 0.3 is 0 Å². The summed E-state index contributed by atoms with van der Waals surface area (Å²) >= 11 is 0. The number of furan rings is 1. The first-order valence-corrected chi connectivity index (χ1v) is 19.1. The van der Waals surface area contributed by atoms with E-state index in [0.29, 0.717) is 17.5 Å². The Morgan fingerprint density at radius 2 is 0.877 bits per heavy atom. The molecule has 0 spiro atoms. The summed E-state index contributed by atoms with van der Waals surface area (Å²) in [7, 11) is 0. The van der Waals surface area contributed by atoms with Gasteiger partial charge in [0.25, 0.3) is 0 Å². The molecular weight excluding hydrogens is 699 g/mol. The van der Waals surface area contributed by atoms with Crippen LogP contribution in [0.3, 0.4) is 0 Å². The minimum absolute atomic E-state index is 0.605. The van der Waals surface area contributed by atoms with Crippen molar-refractivity contribution < 1.29 is 4.42 Å². The second-order valence-corrected chi connectivity index (χ2v) is 14.4. The molecule has 0 aliphatic carbocycles. The molecule has 6 heteroatoms.